The van der Waals surface area contributed by atoms with E-state index in [9.17, 15) is 13.2 Å². The van der Waals surface area contributed by atoms with Gasteiger partial charge in [-0.05, 0) is 6.92 Å². The zero-order chi connectivity index (χ0) is 13.1. The minimum absolute atomic E-state index is 0.00465. The lowest BCUT2D eigenvalue weighted by atomic mass is 10.4. The number of alkyl halides is 3. The van der Waals surface area contributed by atoms with Crippen LogP contribution in [0.3, 0.4) is 0 Å². The van der Waals surface area contributed by atoms with Crippen molar-refractivity contribution in [2.45, 2.75) is 13.1 Å². The Kier molecular flexibility index (Phi) is 4.35. The minimum Gasteiger partial charge on any atom is -0.346 e. The molecule has 0 fully saturated rings. The Morgan fingerprint density at radius 3 is 2.65 bits per heavy atom. The molecule has 1 rings (SSSR count). The Morgan fingerprint density at radius 2 is 2.18 bits per heavy atom. The van der Waals surface area contributed by atoms with Gasteiger partial charge in [0.15, 0.2) is 5.82 Å². The van der Waals surface area contributed by atoms with Gasteiger partial charge in [0.1, 0.15) is 11.6 Å². The van der Waals surface area contributed by atoms with Gasteiger partial charge in [0.05, 0.1) is 6.20 Å². The third kappa shape index (κ3) is 3.90. The molecule has 9 heteroatoms. The lowest BCUT2D eigenvalue weighted by molar-refractivity contribution is -0.119. The van der Waals surface area contributed by atoms with Gasteiger partial charge in [-0.1, -0.05) is 11.6 Å². The fourth-order valence-electron chi connectivity index (χ4n) is 1.20. The van der Waals surface area contributed by atoms with Crippen LogP contribution in [0.4, 0.5) is 24.9 Å². The highest BCUT2D eigenvalue weighted by atomic mass is 35.5. The first-order chi connectivity index (χ1) is 7.87. The number of anilines is 2. The minimum atomic E-state index is -4.33. The van der Waals surface area contributed by atoms with Gasteiger partial charge in [-0.15, -0.1) is 0 Å². The first-order valence-corrected chi connectivity index (χ1v) is 5.06. The number of aromatic nitrogens is 2. The fourth-order valence-corrected chi connectivity index (χ4v) is 1.41. The molecule has 0 radical (unpaired) electrons. The maximum absolute atomic E-state index is 12.3. The van der Waals surface area contributed by atoms with E-state index in [2.05, 4.69) is 15.4 Å². The summed E-state index contributed by atoms with van der Waals surface area (Å²) in [4.78, 5) is 8.47. The predicted molar refractivity (Wildman–Crippen MR) is 58.8 cm³/mol. The molecule has 0 amide bonds. The summed E-state index contributed by atoms with van der Waals surface area (Å²) in [6.45, 7) is 0.546. The standard InChI is InChI=1S/C8H11ClF3N5/c1-2-17(4-8(10,11)12)6-5(9)3-14-7(15-6)16-13/h3H,2,4,13H2,1H3,(H,14,15,16). The van der Waals surface area contributed by atoms with E-state index in [0.29, 0.717) is 0 Å². The number of hydrazine groups is 1. The van der Waals surface area contributed by atoms with Crippen molar-refractivity contribution in [3.05, 3.63) is 11.2 Å². The molecule has 1 aromatic rings. The molecule has 96 valence electrons. The Morgan fingerprint density at radius 1 is 1.53 bits per heavy atom. The number of hydrogen-bond donors (Lipinski definition) is 2. The quantitative estimate of drug-likeness (QED) is 0.644. The average Bonchev–Trinajstić information content (AvgIpc) is 2.25. The first-order valence-electron chi connectivity index (χ1n) is 4.68. The van der Waals surface area contributed by atoms with E-state index in [1.807, 2.05) is 0 Å². The van der Waals surface area contributed by atoms with E-state index in [-0.39, 0.29) is 23.3 Å². The number of halogens is 4. The maximum atomic E-state index is 12.3. The van der Waals surface area contributed by atoms with E-state index in [1.165, 1.54) is 6.20 Å². The molecule has 0 atom stereocenters. The van der Waals surface area contributed by atoms with Crippen molar-refractivity contribution in [1.29, 1.82) is 0 Å². The van der Waals surface area contributed by atoms with Crippen LogP contribution in [-0.2, 0) is 0 Å². The number of nitrogens with one attached hydrogen (secondary N) is 1. The summed E-state index contributed by atoms with van der Waals surface area (Å²) in [5, 5.41) is 0.0371. The Hall–Kier alpha value is -1.28. The summed E-state index contributed by atoms with van der Waals surface area (Å²) >= 11 is 5.75. The number of rotatable bonds is 4. The molecule has 0 aliphatic carbocycles. The third-order valence-electron chi connectivity index (χ3n) is 1.91. The predicted octanol–water partition coefficient (Wildman–Crippen LogP) is 1.80. The highest BCUT2D eigenvalue weighted by molar-refractivity contribution is 6.32. The second kappa shape index (κ2) is 5.37. The van der Waals surface area contributed by atoms with Crippen LogP contribution in [0.2, 0.25) is 5.02 Å². The van der Waals surface area contributed by atoms with Crippen molar-refractivity contribution >= 4 is 23.4 Å². The molecule has 17 heavy (non-hydrogen) atoms. The zero-order valence-electron chi connectivity index (χ0n) is 8.92. The van der Waals surface area contributed by atoms with Crippen LogP contribution in [-0.4, -0.2) is 29.2 Å². The van der Waals surface area contributed by atoms with Crippen LogP contribution in [0.1, 0.15) is 6.92 Å². The molecule has 3 N–H and O–H groups in total. The van der Waals surface area contributed by atoms with Gasteiger partial charge in [0.2, 0.25) is 5.95 Å². The molecule has 5 nitrogen and oxygen atoms in total. The van der Waals surface area contributed by atoms with E-state index in [1.54, 1.807) is 6.92 Å². The second-order valence-electron chi connectivity index (χ2n) is 3.14. The molecular formula is C8H11ClF3N5. The summed E-state index contributed by atoms with van der Waals surface area (Å²) in [7, 11) is 0. The average molecular weight is 270 g/mol. The lowest BCUT2D eigenvalue weighted by Crippen LogP contribution is -2.35. The summed E-state index contributed by atoms with van der Waals surface area (Å²) in [6.07, 6.45) is -3.14. The molecule has 1 heterocycles. The smallest absolute Gasteiger partial charge is 0.346 e. The molecule has 1 aromatic heterocycles. The Balaban J connectivity index is 3.02. The van der Waals surface area contributed by atoms with Crippen molar-refractivity contribution in [1.82, 2.24) is 9.97 Å². The van der Waals surface area contributed by atoms with Crippen LogP contribution >= 0.6 is 11.6 Å². The Bertz CT molecular complexity index is 384. The number of nitrogens with two attached hydrogens (primary N) is 1. The summed E-state index contributed by atoms with van der Waals surface area (Å²) in [5.41, 5.74) is 2.15. The van der Waals surface area contributed by atoms with Gasteiger partial charge in [-0.2, -0.15) is 18.2 Å². The van der Waals surface area contributed by atoms with Crippen molar-refractivity contribution in [2.75, 3.05) is 23.4 Å². The van der Waals surface area contributed by atoms with E-state index >= 15 is 0 Å². The first kappa shape index (κ1) is 13.8. The van der Waals surface area contributed by atoms with Gasteiger partial charge in [0, 0.05) is 6.54 Å². The van der Waals surface area contributed by atoms with E-state index in [4.69, 9.17) is 17.4 Å². The fraction of sp³-hybridized carbons (Fsp3) is 0.500. The Labute approximate surface area is 101 Å². The largest absolute Gasteiger partial charge is 0.405 e. The van der Waals surface area contributed by atoms with Crippen molar-refractivity contribution in [3.63, 3.8) is 0 Å². The van der Waals surface area contributed by atoms with Gasteiger partial charge < -0.3 is 4.90 Å². The van der Waals surface area contributed by atoms with Crippen LogP contribution in [0.15, 0.2) is 6.20 Å². The summed E-state index contributed by atoms with van der Waals surface area (Å²) in [5.74, 6) is 5.08. The molecule has 0 aliphatic heterocycles. The van der Waals surface area contributed by atoms with E-state index in [0.717, 1.165) is 4.90 Å². The van der Waals surface area contributed by atoms with Crippen molar-refractivity contribution < 1.29 is 13.2 Å². The third-order valence-corrected chi connectivity index (χ3v) is 2.17. The van der Waals surface area contributed by atoms with E-state index < -0.39 is 12.7 Å². The van der Waals surface area contributed by atoms with Crippen LogP contribution in [0.5, 0.6) is 0 Å². The molecule has 0 aliphatic rings. The van der Waals surface area contributed by atoms with Crippen molar-refractivity contribution in [3.8, 4) is 0 Å². The second-order valence-corrected chi connectivity index (χ2v) is 3.55. The molecule has 0 unspecified atom stereocenters. The number of hydrogen-bond acceptors (Lipinski definition) is 5. The molecular weight excluding hydrogens is 259 g/mol. The van der Waals surface area contributed by atoms with Crippen LogP contribution < -0.4 is 16.2 Å². The normalized spacial score (nSPS) is 11.4. The van der Waals surface area contributed by atoms with Gasteiger partial charge >= 0.3 is 6.18 Å². The highest BCUT2D eigenvalue weighted by Gasteiger charge is 2.31. The monoisotopic (exact) mass is 269 g/mol. The van der Waals surface area contributed by atoms with Crippen molar-refractivity contribution in [2.24, 2.45) is 5.84 Å². The van der Waals surface area contributed by atoms with Crippen LogP contribution in [0, 0.1) is 0 Å². The van der Waals surface area contributed by atoms with Gasteiger partial charge in [0.25, 0.3) is 0 Å². The molecule has 0 aromatic carbocycles. The van der Waals surface area contributed by atoms with Gasteiger partial charge in [-0.25, -0.2) is 10.8 Å². The number of nitrogen functional groups attached to an aromatic ring is 1. The summed E-state index contributed by atoms with van der Waals surface area (Å²) in [6, 6.07) is 0. The van der Waals surface area contributed by atoms with Crippen LogP contribution in [0.25, 0.3) is 0 Å². The topological polar surface area (TPSA) is 67.1 Å². The lowest BCUT2D eigenvalue weighted by Gasteiger charge is -2.24. The maximum Gasteiger partial charge on any atom is 0.405 e. The molecule has 0 saturated carbocycles. The molecule has 0 bridgehead atoms. The highest BCUT2D eigenvalue weighted by Crippen LogP contribution is 2.26. The zero-order valence-corrected chi connectivity index (χ0v) is 9.68. The molecule has 0 spiro atoms. The van der Waals surface area contributed by atoms with Gasteiger partial charge in [-0.3, -0.25) is 5.43 Å². The SMILES string of the molecule is CCN(CC(F)(F)F)c1nc(NN)ncc1Cl. The molecule has 0 saturated heterocycles. The number of nitrogens with zero attached hydrogens (tertiary/aromatic N) is 3. The summed E-state index contributed by atoms with van der Waals surface area (Å²) < 4.78 is 37.0.